The summed E-state index contributed by atoms with van der Waals surface area (Å²) >= 11 is 0. The van der Waals surface area contributed by atoms with E-state index in [0.29, 0.717) is 43.3 Å². The summed E-state index contributed by atoms with van der Waals surface area (Å²) in [5.41, 5.74) is 0.918. The van der Waals surface area contributed by atoms with Crippen molar-refractivity contribution in [1.29, 1.82) is 0 Å². The second kappa shape index (κ2) is 7.55. The van der Waals surface area contributed by atoms with Crippen LogP contribution in [0.5, 0.6) is 0 Å². The monoisotopic (exact) mass is 381 g/mol. The summed E-state index contributed by atoms with van der Waals surface area (Å²) < 4.78 is 10.0. The number of nitrogens with one attached hydrogen (secondary N) is 1. The molecule has 1 fully saturated rings. The lowest BCUT2D eigenvalue weighted by atomic mass is 10.2. The number of rotatable bonds is 4. The van der Waals surface area contributed by atoms with E-state index in [4.69, 9.17) is 8.94 Å². The quantitative estimate of drug-likeness (QED) is 0.738. The summed E-state index contributed by atoms with van der Waals surface area (Å²) in [7, 11) is 0. The van der Waals surface area contributed by atoms with Gasteiger partial charge in [-0.2, -0.15) is 0 Å². The van der Waals surface area contributed by atoms with Crippen LogP contribution in [0.25, 0.3) is 0 Å². The Morgan fingerprint density at radius 1 is 1.14 bits per heavy atom. The van der Waals surface area contributed by atoms with Gasteiger partial charge in [0, 0.05) is 32.2 Å². The Kier molecular flexibility index (Phi) is 4.79. The molecule has 1 aliphatic heterocycles. The van der Waals surface area contributed by atoms with E-state index in [1.807, 2.05) is 6.07 Å². The lowest BCUT2D eigenvalue weighted by molar-refractivity contribution is 0.0736. The van der Waals surface area contributed by atoms with Gasteiger partial charge in [-0.1, -0.05) is 5.16 Å². The number of hydrogen-bond donors (Lipinski definition) is 1. The molecule has 4 rings (SSSR count). The van der Waals surface area contributed by atoms with Gasteiger partial charge in [-0.25, -0.2) is 4.98 Å². The van der Waals surface area contributed by atoms with Gasteiger partial charge in [0.1, 0.15) is 11.6 Å². The van der Waals surface area contributed by atoms with Crippen LogP contribution in [0.2, 0.25) is 0 Å². The smallest absolute Gasteiger partial charge is 0.291 e. The third-order valence-corrected chi connectivity index (χ3v) is 4.49. The topological polar surface area (TPSA) is 105 Å². The Bertz CT molecular complexity index is 957. The van der Waals surface area contributed by atoms with Gasteiger partial charge in [-0.3, -0.25) is 9.59 Å². The third-order valence-electron chi connectivity index (χ3n) is 4.49. The molecule has 1 N–H and O–H groups in total. The maximum Gasteiger partial charge on any atom is 0.291 e. The van der Waals surface area contributed by atoms with E-state index in [2.05, 4.69) is 20.4 Å². The first-order valence-electron chi connectivity index (χ1n) is 8.88. The van der Waals surface area contributed by atoms with E-state index >= 15 is 0 Å². The molecule has 3 aromatic rings. The number of nitrogens with zero attached hydrogens (tertiary/aromatic N) is 4. The molecule has 144 valence electrons. The van der Waals surface area contributed by atoms with E-state index in [1.165, 1.54) is 6.26 Å². The number of carbonyl (C=O) groups excluding carboxylic acids is 2. The Balaban J connectivity index is 1.33. The van der Waals surface area contributed by atoms with Crippen LogP contribution in [-0.2, 0) is 0 Å². The minimum Gasteiger partial charge on any atom is -0.459 e. The third kappa shape index (κ3) is 3.73. The number of furan rings is 1. The molecule has 0 spiro atoms. The second-order valence-electron chi connectivity index (χ2n) is 6.44. The molecule has 1 aliphatic rings. The van der Waals surface area contributed by atoms with Crippen LogP contribution >= 0.6 is 0 Å². The maximum atomic E-state index is 12.4. The lowest BCUT2D eigenvalue weighted by Gasteiger charge is -2.35. The summed E-state index contributed by atoms with van der Waals surface area (Å²) in [4.78, 5) is 32.7. The summed E-state index contributed by atoms with van der Waals surface area (Å²) in [5, 5.41) is 6.52. The van der Waals surface area contributed by atoms with Crippen LogP contribution in [0, 0.1) is 6.92 Å². The Morgan fingerprint density at radius 3 is 2.57 bits per heavy atom. The first-order chi connectivity index (χ1) is 13.6. The predicted octanol–water partition coefficient (Wildman–Crippen LogP) is 2.19. The van der Waals surface area contributed by atoms with Crippen LogP contribution in [0.1, 0.15) is 26.8 Å². The SMILES string of the molecule is Cc1cc(C(=O)N2CCN(c3ccc(NC(=O)c4ccco4)cn3)CC2)no1. The molecule has 3 aromatic heterocycles. The van der Waals surface area contributed by atoms with Crippen LogP contribution in [0.4, 0.5) is 11.5 Å². The fourth-order valence-corrected chi connectivity index (χ4v) is 3.02. The highest BCUT2D eigenvalue weighted by molar-refractivity contribution is 6.02. The van der Waals surface area contributed by atoms with Crippen molar-refractivity contribution in [2.24, 2.45) is 0 Å². The highest BCUT2D eigenvalue weighted by Gasteiger charge is 2.24. The first kappa shape index (κ1) is 17.8. The first-order valence-corrected chi connectivity index (χ1v) is 8.88. The lowest BCUT2D eigenvalue weighted by Crippen LogP contribution is -2.49. The molecule has 9 heteroatoms. The van der Waals surface area contributed by atoms with Crippen molar-refractivity contribution in [2.45, 2.75) is 6.92 Å². The van der Waals surface area contributed by atoms with Crippen molar-refractivity contribution in [3.8, 4) is 0 Å². The van der Waals surface area contributed by atoms with Gasteiger partial charge < -0.3 is 24.1 Å². The zero-order valence-corrected chi connectivity index (χ0v) is 15.3. The summed E-state index contributed by atoms with van der Waals surface area (Å²) in [6.45, 7) is 4.22. The van der Waals surface area contributed by atoms with Crippen LogP contribution in [0.15, 0.2) is 51.7 Å². The average Bonchev–Trinajstić information content (AvgIpc) is 3.40. The van der Waals surface area contributed by atoms with Gasteiger partial charge >= 0.3 is 0 Å². The molecule has 4 heterocycles. The highest BCUT2D eigenvalue weighted by atomic mass is 16.5. The zero-order chi connectivity index (χ0) is 19.5. The molecule has 0 unspecified atom stereocenters. The Labute approximate surface area is 160 Å². The summed E-state index contributed by atoms with van der Waals surface area (Å²) in [6, 6.07) is 8.53. The zero-order valence-electron chi connectivity index (χ0n) is 15.3. The summed E-state index contributed by atoms with van der Waals surface area (Å²) in [5.74, 6) is 1.20. The number of pyridine rings is 1. The van der Waals surface area contributed by atoms with Crippen molar-refractivity contribution in [1.82, 2.24) is 15.0 Å². The van der Waals surface area contributed by atoms with Gasteiger partial charge in [-0.15, -0.1) is 0 Å². The van der Waals surface area contributed by atoms with Crippen LogP contribution < -0.4 is 10.2 Å². The van der Waals surface area contributed by atoms with Crippen molar-refractivity contribution in [3.63, 3.8) is 0 Å². The highest BCUT2D eigenvalue weighted by Crippen LogP contribution is 2.18. The molecule has 0 atom stereocenters. The van der Waals surface area contributed by atoms with Crippen molar-refractivity contribution < 1.29 is 18.5 Å². The van der Waals surface area contributed by atoms with Gasteiger partial charge in [0.05, 0.1) is 18.1 Å². The van der Waals surface area contributed by atoms with Crippen molar-refractivity contribution in [2.75, 3.05) is 36.4 Å². The minimum absolute atomic E-state index is 0.125. The second-order valence-corrected chi connectivity index (χ2v) is 6.44. The number of aromatic nitrogens is 2. The molecule has 1 saturated heterocycles. The van der Waals surface area contributed by atoms with Gasteiger partial charge in [-0.05, 0) is 31.2 Å². The largest absolute Gasteiger partial charge is 0.459 e. The molecular formula is C19H19N5O4. The Hall–Kier alpha value is -3.62. The molecule has 0 aromatic carbocycles. The number of anilines is 2. The number of aryl methyl sites for hydroxylation is 1. The van der Waals surface area contributed by atoms with E-state index in [0.717, 1.165) is 5.82 Å². The molecule has 0 bridgehead atoms. The molecule has 28 heavy (non-hydrogen) atoms. The average molecular weight is 381 g/mol. The van der Waals surface area contributed by atoms with E-state index in [9.17, 15) is 9.59 Å². The van der Waals surface area contributed by atoms with Crippen LogP contribution in [-0.4, -0.2) is 53.0 Å². The van der Waals surface area contributed by atoms with Crippen molar-refractivity contribution >= 4 is 23.3 Å². The molecular weight excluding hydrogens is 362 g/mol. The number of piperazine rings is 1. The fourth-order valence-electron chi connectivity index (χ4n) is 3.02. The molecule has 2 amide bonds. The maximum absolute atomic E-state index is 12.4. The predicted molar refractivity (Wildman–Crippen MR) is 100 cm³/mol. The molecule has 0 radical (unpaired) electrons. The van der Waals surface area contributed by atoms with E-state index in [-0.39, 0.29) is 17.6 Å². The normalized spacial score (nSPS) is 14.2. The number of amides is 2. The summed E-state index contributed by atoms with van der Waals surface area (Å²) in [6.07, 6.45) is 3.05. The van der Waals surface area contributed by atoms with E-state index in [1.54, 1.807) is 42.3 Å². The molecule has 9 nitrogen and oxygen atoms in total. The fraction of sp³-hybridized carbons (Fsp3) is 0.263. The van der Waals surface area contributed by atoms with Crippen LogP contribution in [0.3, 0.4) is 0 Å². The van der Waals surface area contributed by atoms with E-state index < -0.39 is 0 Å². The molecule has 0 aliphatic carbocycles. The van der Waals surface area contributed by atoms with Crippen molar-refractivity contribution in [3.05, 3.63) is 60.0 Å². The van der Waals surface area contributed by atoms with Gasteiger partial charge in [0.25, 0.3) is 11.8 Å². The standard InChI is InChI=1S/C19H19N5O4/c1-13-11-15(22-28-13)19(26)24-8-6-23(7-9-24)17-5-4-14(12-20-17)21-18(25)16-3-2-10-27-16/h2-5,10-12H,6-9H2,1H3,(H,21,25). The number of hydrogen-bond acceptors (Lipinski definition) is 7. The minimum atomic E-state index is -0.324. The molecule has 0 saturated carbocycles. The Morgan fingerprint density at radius 2 is 1.96 bits per heavy atom. The van der Waals surface area contributed by atoms with Gasteiger partial charge in [0.2, 0.25) is 0 Å². The number of carbonyl (C=O) groups is 2. The van der Waals surface area contributed by atoms with Gasteiger partial charge in [0.15, 0.2) is 11.5 Å².